The Morgan fingerprint density at radius 3 is 2.61 bits per heavy atom. The number of nitrogens with zero attached hydrogens (tertiary/aromatic N) is 2. The molecule has 0 atom stereocenters. The van der Waals surface area contributed by atoms with Gasteiger partial charge < -0.3 is 14.4 Å². The van der Waals surface area contributed by atoms with E-state index in [2.05, 4.69) is 0 Å². The molecule has 0 aromatic rings. The summed E-state index contributed by atoms with van der Waals surface area (Å²) in [5.41, 5.74) is -0.838. The lowest BCUT2D eigenvalue weighted by Gasteiger charge is -2.42. The lowest BCUT2D eigenvalue weighted by Crippen LogP contribution is -2.55. The van der Waals surface area contributed by atoms with Crippen molar-refractivity contribution in [3.8, 4) is 0 Å². The van der Waals surface area contributed by atoms with Crippen molar-refractivity contribution in [3.05, 3.63) is 23.1 Å². The van der Waals surface area contributed by atoms with Gasteiger partial charge in [-0.25, -0.2) is 13.2 Å². The summed E-state index contributed by atoms with van der Waals surface area (Å²) in [6, 6.07) is 0. The van der Waals surface area contributed by atoms with Crippen LogP contribution < -0.4 is 0 Å². The molecule has 0 unspecified atom stereocenters. The third-order valence-electron chi connectivity index (χ3n) is 4.65. The zero-order valence-corrected chi connectivity index (χ0v) is 14.0. The molecule has 3 rings (SSSR count). The number of amides is 1. The number of carbonyl (C=O) groups excluding carboxylic acids is 1. The third kappa shape index (κ3) is 2.90. The average molecular weight is 342 g/mol. The van der Waals surface area contributed by atoms with Gasteiger partial charge in [0, 0.05) is 32.5 Å². The summed E-state index contributed by atoms with van der Waals surface area (Å²) in [5, 5.41) is 0. The first-order chi connectivity index (χ1) is 11.0. The van der Waals surface area contributed by atoms with Crippen molar-refractivity contribution < 1.29 is 22.7 Å². The Labute approximate surface area is 136 Å². The molecule has 0 radical (unpaired) electrons. The summed E-state index contributed by atoms with van der Waals surface area (Å²) in [7, 11) is -2.22. The summed E-state index contributed by atoms with van der Waals surface area (Å²) in [5.74, 6) is 0. The van der Waals surface area contributed by atoms with Gasteiger partial charge in [-0.05, 0) is 18.9 Å². The lowest BCUT2D eigenvalue weighted by atomic mass is 10.0. The van der Waals surface area contributed by atoms with Crippen molar-refractivity contribution in [1.29, 1.82) is 0 Å². The van der Waals surface area contributed by atoms with E-state index in [9.17, 15) is 13.2 Å². The highest BCUT2D eigenvalue weighted by Gasteiger charge is 2.51. The van der Waals surface area contributed by atoms with E-state index in [1.54, 1.807) is 17.1 Å². The molecule has 2 saturated heterocycles. The van der Waals surface area contributed by atoms with E-state index in [0.717, 1.165) is 12.8 Å². The highest BCUT2D eigenvalue weighted by atomic mass is 32.2. The molecule has 1 amide bonds. The lowest BCUT2D eigenvalue weighted by molar-refractivity contribution is -0.0869. The van der Waals surface area contributed by atoms with Crippen molar-refractivity contribution in [1.82, 2.24) is 9.21 Å². The number of sulfonamides is 1. The summed E-state index contributed by atoms with van der Waals surface area (Å²) >= 11 is 0. The molecule has 0 aromatic carbocycles. The first-order valence-corrected chi connectivity index (χ1v) is 9.30. The topological polar surface area (TPSA) is 76.2 Å². The number of allylic oxidation sites excluding steroid dienone is 3. The molecular weight excluding hydrogens is 320 g/mol. The summed E-state index contributed by atoms with van der Waals surface area (Å²) in [4.78, 5) is 13.5. The standard InChI is InChI=1S/C15H22N2O5S/c1-21-14(18)16-9-7-15(8-10-16)17(11-12-22-15)23(19,20)13-5-3-2-4-6-13/h3,5-6H,2,4,7-12H2,1H3. The number of rotatable bonds is 2. The summed E-state index contributed by atoms with van der Waals surface area (Å²) < 4.78 is 38.0. The van der Waals surface area contributed by atoms with Gasteiger partial charge >= 0.3 is 6.09 Å². The molecule has 7 nitrogen and oxygen atoms in total. The van der Waals surface area contributed by atoms with Gasteiger partial charge in [0.25, 0.3) is 0 Å². The van der Waals surface area contributed by atoms with Crippen molar-refractivity contribution in [3.63, 3.8) is 0 Å². The summed E-state index contributed by atoms with van der Waals surface area (Å²) in [6.45, 7) is 1.58. The number of hydrogen-bond donors (Lipinski definition) is 0. The minimum Gasteiger partial charge on any atom is -0.453 e. The van der Waals surface area contributed by atoms with Gasteiger partial charge in [0.15, 0.2) is 0 Å². The van der Waals surface area contributed by atoms with E-state index >= 15 is 0 Å². The molecular formula is C15H22N2O5S. The second kappa shape index (κ2) is 6.26. The van der Waals surface area contributed by atoms with Gasteiger partial charge in [-0.15, -0.1) is 0 Å². The highest BCUT2D eigenvalue weighted by Crippen LogP contribution is 2.38. The first-order valence-electron chi connectivity index (χ1n) is 7.86. The van der Waals surface area contributed by atoms with Gasteiger partial charge in [-0.3, -0.25) is 0 Å². The molecule has 8 heteroatoms. The van der Waals surface area contributed by atoms with Crippen molar-refractivity contribution in [2.24, 2.45) is 0 Å². The second-order valence-electron chi connectivity index (χ2n) is 5.92. The van der Waals surface area contributed by atoms with Crippen molar-refractivity contribution >= 4 is 16.1 Å². The van der Waals surface area contributed by atoms with Gasteiger partial charge in [0.2, 0.25) is 10.0 Å². The fourth-order valence-electron chi connectivity index (χ4n) is 3.40. The largest absolute Gasteiger partial charge is 0.453 e. The van der Waals surface area contributed by atoms with Gasteiger partial charge in [0.1, 0.15) is 5.72 Å². The molecule has 3 aliphatic rings. The van der Waals surface area contributed by atoms with Crippen LogP contribution in [0.25, 0.3) is 0 Å². The molecule has 128 valence electrons. The zero-order chi connectivity index (χ0) is 16.5. The van der Waals surface area contributed by atoms with E-state index < -0.39 is 15.7 Å². The minimum absolute atomic E-state index is 0.351. The molecule has 0 aromatic heterocycles. The minimum atomic E-state index is -3.57. The van der Waals surface area contributed by atoms with Gasteiger partial charge in [-0.1, -0.05) is 12.2 Å². The Kier molecular flexibility index (Phi) is 4.48. The quantitative estimate of drug-likeness (QED) is 0.759. The summed E-state index contributed by atoms with van der Waals surface area (Å²) in [6.07, 6.45) is 7.47. The van der Waals surface area contributed by atoms with Crippen LogP contribution in [0, 0.1) is 0 Å². The Balaban J connectivity index is 1.80. The second-order valence-corrected chi connectivity index (χ2v) is 7.78. The van der Waals surface area contributed by atoms with Gasteiger partial charge in [-0.2, -0.15) is 4.31 Å². The number of hydrogen-bond acceptors (Lipinski definition) is 5. The molecule has 2 heterocycles. The predicted molar refractivity (Wildman–Crippen MR) is 84.0 cm³/mol. The van der Waals surface area contributed by atoms with Gasteiger partial charge in [0.05, 0.1) is 18.6 Å². The Hall–Kier alpha value is -1.38. The number of methoxy groups -OCH3 is 1. The SMILES string of the molecule is COC(=O)N1CCC2(CC1)OCCN2S(=O)(=O)C1=CCCC=C1. The Morgan fingerprint density at radius 2 is 2.00 bits per heavy atom. The molecule has 23 heavy (non-hydrogen) atoms. The highest BCUT2D eigenvalue weighted by molar-refractivity contribution is 7.93. The maximum atomic E-state index is 13.0. The molecule has 0 bridgehead atoms. The zero-order valence-electron chi connectivity index (χ0n) is 13.2. The van der Waals surface area contributed by atoms with E-state index in [4.69, 9.17) is 9.47 Å². The number of likely N-dealkylation sites (tertiary alicyclic amines) is 1. The molecule has 0 saturated carbocycles. The normalized spacial score (nSPS) is 24.7. The van der Waals surface area contributed by atoms with Crippen LogP contribution in [0.2, 0.25) is 0 Å². The maximum Gasteiger partial charge on any atom is 0.409 e. The first kappa shape index (κ1) is 16.5. The van der Waals surface area contributed by atoms with Crippen LogP contribution in [0.4, 0.5) is 4.79 Å². The van der Waals surface area contributed by atoms with Crippen LogP contribution >= 0.6 is 0 Å². The van der Waals surface area contributed by atoms with Crippen LogP contribution in [0.5, 0.6) is 0 Å². The molecule has 2 fully saturated rings. The monoisotopic (exact) mass is 342 g/mol. The van der Waals surface area contributed by atoms with Crippen LogP contribution in [0.15, 0.2) is 23.1 Å². The van der Waals surface area contributed by atoms with Crippen LogP contribution in [-0.4, -0.2) is 62.8 Å². The maximum absolute atomic E-state index is 13.0. The van der Waals surface area contributed by atoms with E-state index in [-0.39, 0.29) is 6.09 Å². The van der Waals surface area contributed by atoms with Crippen molar-refractivity contribution in [2.45, 2.75) is 31.4 Å². The molecule has 1 spiro atoms. The van der Waals surface area contributed by atoms with Crippen LogP contribution in [0.1, 0.15) is 25.7 Å². The predicted octanol–water partition coefficient (Wildman–Crippen LogP) is 1.44. The molecule has 2 aliphatic heterocycles. The van der Waals surface area contributed by atoms with Crippen molar-refractivity contribution in [2.75, 3.05) is 33.4 Å². The number of carbonyl (C=O) groups is 1. The van der Waals surface area contributed by atoms with E-state index in [1.807, 2.05) is 6.08 Å². The van der Waals surface area contributed by atoms with Crippen LogP contribution in [0.3, 0.4) is 0 Å². The van der Waals surface area contributed by atoms with E-state index in [1.165, 1.54) is 11.4 Å². The average Bonchev–Trinajstić information content (AvgIpc) is 2.99. The van der Waals surface area contributed by atoms with Crippen LogP contribution in [-0.2, 0) is 19.5 Å². The Morgan fingerprint density at radius 1 is 1.26 bits per heavy atom. The number of ether oxygens (including phenoxy) is 2. The number of piperidine rings is 1. The third-order valence-corrected chi connectivity index (χ3v) is 6.64. The smallest absolute Gasteiger partial charge is 0.409 e. The Bertz CT molecular complexity index is 632. The fourth-order valence-corrected chi connectivity index (χ4v) is 5.24. The molecule has 1 aliphatic carbocycles. The van der Waals surface area contributed by atoms with E-state index in [0.29, 0.717) is 44.0 Å². The fraction of sp³-hybridized carbons (Fsp3) is 0.667. The molecule has 0 N–H and O–H groups in total.